The van der Waals surface area contributed by atoms with Crippen LogP contribution >= 0.6 is 11.6 Å². The lowest BCUT2D eigenvalue weighted by Gasteiger charge is -2.23. The summed E-state index contributed by atoms with van der Waals surface area (Å²) in [5, 5.41) is 11.3. The van der Waals surface area contributed by atoms with Crippen LogP contribution in [0.25, 0.3) is 12.2 Å². The lowest BCUT2D eigenvalue weighted by atomic mass is 9.90. The Balaban J connectivity index is 0.00000221. The van der Waals surface area contributed by atoms with Gasteiger partial charge in [-0.3, -0.25) is 0 Å². The highest BCUT2D eigenvalue weighted by molar-refractivity contribution is 6.30. The molecule has 4 nitrogen and oxygen atoms in total. The molecule has 0 aliphatic rings. The molecule has 0 amide bonds. The molecule has 3 rings (SSSR count). The molecule has 0 aliphatic carbocycles. The summed E-state index contributed by atoms with van der Waals surface area (Å²) < 4.78 is 10.1. The maximum absolute atomic E-state index is 10.5. The van der Waals surface area contributed by atoms with Crippen LogP contribution in [0.1, 0.15) is 73.6 Å². The Bertz CT molecular complexity index is 1250. The molecule has 3 aromatic carbocycles. The molecule has 0 aliphatic heterocycles. The van der Waals surface area contributed by atoms with Crippen molar-refractivity contribution >= 4 is 30.5 Å². The molecule has 42 heavy (non-hydrogen) atoms. The first-order valence-electron chi connectivity index (χ1n) is 14.0. The zero-order valence-corrected chi connectivity index (χ0v) is 27.4. The number of halogens is 1. The molecule has 0 saturated carbocycles. The third kappa shape index (κ3) is 14.1. The minimum absolute atomic E-state index is 0.0332. The van der Waals surface area contributed by atoms with Crippen LogP contribution in [0.4, 0.5) is 0 Å². The number of aryl methyl sites for hydroxylation is 2. The van der Waals surface area contributed by atoms with Crippen molar-refractivity contribution in [3.05, 3.63) is 129 Å². The summed E-state index contributed by atoms with van der Waals surface area (Å²) in [5.74, 6) is 0. The monoisotopic (exact) mass is 592 g/mol. The Labute approximate surface area is 259 Å². The normalized spacial score (nSPS) is 11.5. The summed E-state index contributed by atoms with van der Waals surface area (Å²) in [6.07, 6.45) is 9.77. The number of aliphatic hydroxyl groups is 1. The first-order chi connectivity index (χ1) is 20.1. The molecular formula is C37H49ClO4. The van der Waals surface area contributed by atoms with Crippen LogP contribution in [-0.2, 0) is 26.3 Å². The minimum atomic E-state index is -0.868. The van der Waals surface area contributed by atoms with Crippen LogP contribution < -0.4 is 0 Å². The maximum Gasteiger partial charge on any atom is 0.106 e. The van der Waals surface area contributed by atoms with E-state index in [2.05, 4.69) is 53.8 Å². The van der Waals surface area contributed by atoms with Gasteiger partial charge in [-0.05, 0) is 90.8 Å². The topological polar surface area (TPSA) is 55.8 Å². The first-order valence-corrected chi connectivity index (χ1v) is 14.4. The van der Waals surface area contributed by atoms with Gasteiger partial charge in [0.05, 0.1) is 11.7 Å². The van der Waals surface area contributed by atoms with E-state index < -0.39 is 5.60 Å². The molecule has 0 spiro atoms. The van der Waals surface area contributed by atoms with Crippen LogP contribution in [0.2, 0.25) is 5.02 Å². The number of ether oxygens (including phenoxy) is 2. The standard InChI is InChI=1S/C32H35ClO2.C2H6O.C2H6.CH2O/c1-23(14-16-26-17-19-29(33)21-24(26)2)13-15-25-9-8-11-28(22-25)31(35-5)20-18-27-10-6-7-12-30(27)32(3,4)34;1-3-2;2*1-2/h6-17,19,21-22,31,34H,1,18,20H2,2-5H3;1-2H3;1-2H3;1H2/b15-13+,16-14-;;;. The summed E-state index contributed by atoms with van der Waals surface area (Å²) in [6.45, 7) is 15.9. The molecule has 5 heteroatoms. The molecule has 1 N–H and O–H groups in total. The van der Waals surface area contributed by atoms with Gasteiger partial charge in [0, 0.05) is 26.4 Å². The second-order valence-corrected chi connectivity index (χ2v) is 10.2. The van der Waals surface area contributed by atoms with Gasteiger partial charge in [-0.25, -0.2) is 0 Å². The number of benzene rings is 3. The molecular weight excluding hydrogens is 544 g/mol. The number of rotatable bonds is 10. The van der Waals surface area contributed by atoms with E-state index in [1.165, 1.54) is 0 Å². The highest BCUT2D eigenvalue weighted by Crippen LogP contribution is 2.28. The molecule has 0 bridgehead atoms. The van der Waals surface area contributed by atoms with E-state index >= 15 is 0 Å². The summed E-state index contributed by atoms with van der Waals surface area (Å²) in [7, 11) is 5.00. The van der Waals surface area contributed by atoms with E-state index in [1.54, 1.807) is 21.3 Å². The van der Waals surface area contributed by atoms with Crippen molar-refractivity contribution < 1.29 is 19.4 Å². The van der Waals surface area contributed by atoms with Crippen LogP contribution in [0, 0.1) is 6.92 Å². The van der Waals surface area contributed by atoms with Gasteiger partial charge in [0.1, 0.15) is 6.79 Å². The Kier molecular flexibility index (Phi) is 19.8. The van der Waals surface area contributed by atoms with Gasteiger partial charge in [-0.15, -0.1) is 0 Å². The van der Waals surface area contributed by atoms with Crippen molar-refractivity contribution in [3.8, 4) is 0 Å². The summed E-state index contributed by atoms with van der Waals surface area (Å²) in [4.78, 5) is 8.00. The zero-order valence-electron chi connectivity index (χ0n) is 26.6. The van der Waals surface area contributed by atoms with Crippen molar-refractivity contribution in [2.24, 2.45) is 0 Å². The molecule has 0 saturated heterocycles. The highest BCUT2D eigenvalue weighted by atomic mass is 35.5. The van der Waals surface area contributed by atoms with E-state index in [0.29, 0.717) is 0 Å². The summed E-state index contributed by atoms with van der Waals surface area (Å²) in [6, 6.07) is 22.3. The first kappa shape index (κ1) is 38.7. The molecule has 0 aromatic heterocycles. The van der Waals surface area contributed by atoms with Crippen molar-refractivity contribution in [1.29, 1.82) is 0 Å². The fourth-order valence-electron chi connectivity index (χ4n) is 4.19. The molecule has 1 unspecified atom stereocenters. The molecule has 0 radical (unpaired) electrons. The van der Waals surface area contributed by atoms with Gasteiger partial charge in [-0.1, -0.05) is 105 Å². The van der Waals surface area contributed by atoms with Gasteiger partial charge >= 0.3 is 0 Å². The van der Waals surface area contributed by atoms with E-state index in [9.17, 15) is 5.11 Å². The van der Waals surface area contributed by atoms with E-state index in [1.807, 2.05) is 90.0 Å². The minimum Gasteiger partial charge on any atom is -0.388 e. The summed E-state index contributed by atoms with van der Waals surface area (Å²) >= 11 is 6.05. The van der Waals surface area contributed by atoms with Crippen molar-refractivity contribution in [1.82, 2.24) is 0 Å². The number of methoxy groups -OCH3 is 2. The lowest BCUT2D eigenvalue weighted by Crippen LogP contribution is -2.18. The number of hydrogen-bond donors (Lipinski definition) is 1. The van der Waals surface area contributed by atoms with Gasteiger partial charge < -0.3 is 19.4 Å². The average molecular weight is 593 g/mol. The Morgan fingerprint density at radius 1 is 0.952 bits per heavy atom. The van der Waals surface area contributed by atoms with Crippen molar-refractivity contribution in [3.63, 3.8) is 0 Å². The van der Waals surface area contributed by atoms with Crippen LogP contribution in [-0.4, -0.2) is 33.2 Å². The maximum atomic E-state index is 10.5. The predicted octanol–water partition coefficient (Wildman–Crippen LogP) is 9.58. The Hall–Kier alpha value is -3.28. The second-order valence-electron chi connectivity index (χ2n) is 9.80. The number of carbonyl (C=O) groups is 1. The Morgan fingerprint density at radius 3 is 2.17 bits per heavy atom. The number of carbonyl (C=O) groups excluding carboxylic acids is 1. The highest BCUT2D eigenvalue weighted by Gasteiger charge is 2.20. The fraction of sp³-hybridized carbons (Fsp3) is 0.324. The largest absolute Gasteiger partial charge is 0.388 e. The van der Waals surface area contributed by atoms with Crippen LogP contribution in [0.15, 0.2) is 91.0 Å². The third-order valence-corrected chi connectivity index (χ3v) is 6.35. The van der Waals surface area contributed by atoms with E-state index in [-0.39, 0.29) is 6.10 Å². The zero-order chi connectivity index (χ0) is 32.1. The summed E-state index contributed by atoms with van der Waals surface area (Å²) in [5.41, 5.74) is 6.65. The smallest absolute Gasteiger partial charge is 0.106 e. The van der Waals surface area contributed by atoms with Crippen molar-refractivity contribution in [2.75, 3.05) is 21.3 Å². The SMILES string of the molecule is C=C(/C=C\c1ccc(Cl)cc1C)/C=C/c1cccc(C(CCc2ccccc2C(C)(C)O)OC)c1.C=O.CC.COC. The molecule has 3 aromatic rings. The number of allylic oxidation sites excluding steroid dienone is 3. The van der Waals surface area contributed by atoms with Gasteiger partial charge in [0.2, 0.25) is 0 Å². The fourth-order valence-corrected chi connectivity index (χ4v) is 4.41. The van der Waals surface area contributed by atoms with Crippen LogP contribution in [0.5, 0.6) is 0 Å². The van der Waals surface area contributed by atoms with Gasteiger partial charge in [0.25, 0.3) is 0 Å². The predicted molar refractivity (Wildman–Crippen MR) is 181 cm³/mol. The molecule has 1 atom stereocenters. The molecule has 0 heterocycles. The molecule has 0 fully saturated rings. The quantitative estimate of drug-likeness (QED) is 0.238. The van der Waals surface area contributed by atoms with Gasteiger partial charge in [-0.2, -0.15) is 0 Å². The second kappa shape index (κ2) is 21.4. The molecule has 228 valence electrons. The average Bonchev–Trinajstić information content (AvgIpc) is 2.98. The Morgan fingerprint density at radius 2 is 1.57 bits per heavy atom. The van der Waals surface area contributed by atoms with Crippen LogP contribution in [0.3, 0.4) is 0 Å². The third-order valence-electron chi connectivity index (χ3n) is 6.12. The van der Waals surface area contributed by atoms with E-state index in [0.717, 1.165) is 56.8 Å². The van der Waals surface area contributed by atoms with Crippen molar-refractivity contribution in [2.45, 2.75) is 59.2 Å². The van der Waals surface area contributed by atoms with Gasteiger partial charge in [0.15, 0.2) is 0 Å². The number of hydrogen-bond acceptors (Lipinski definition) is 4. The lowest BCUT2D eigenvalue weighted by molar-refractivity contribution is -0.0980. The van der Waals surface area contributed by atoms with E-state index in [4.69, 9.17) is 21.1 Å².